The van der Waals surface area contributed by atoms with Gasteiger partial charge < -0.3 is 5.32 Å². The van der Waals surface area contributed by atoms with Crippen molar-refractivity contribution in [2.75, 3.05) is 5.32 Å². The largest absolute Gasteiger partial charge is 0.376 e. The van der Waals surface area contributed by atoms with Crippen LogP contribution in [0.15, 0.2) is 18.3 Å². The Kier molecular flexibility index (Phi) is 4.09. The van der Waals surface area contributed by atoms with Crippen LogP contribution >= 0.6 is 46.1 Å². The SMILES string of the molecule is Fc1ccc(Cl)c(Cl)c1NCc1cnc(Cl)s1. The van der Waals surface area contributed by atoms with Gasteiger partial charge in [-0.2, -0.15) is 0 Å². The smallest absolute Gasteiger partial charge is 0.183 e. The molecule has 0 bridgehead atoms. The molecule has 2 aromatic rings. The second-order valence-electron chi connectivity index (χ2n) is 3.15. The van der Waals surface area contributed by atoms with Gasteiger partial charge in [0, 0.05) is 11.1 Å². The molecule has 7 heteroatoms. The number of nitrogens with zero attached hydrogens (tertiary/aromatic N) is 1. The predicted molar refractivity (Wildman–Crippen MR) is 70.9 cm³/mol. The van der Waals surface area contributed by atoms with Crippen molar-refractivity contribution in [1.29, 1.82) is 0 Å². The van der Waals surface area contributed by atoms with E-state index in [0.29, 0.717) is 16.0 Å². The summed E-state index contributed by atoms with van der Waals surface area (Å²) in [7, 11) is 0. The molecule has 1 aromatic carbocycles. The number of thiazole rings is 1. The number of anilines is 1. The predicted octanol–water partition coefficient (Wildman–Crippen LogP) is 4.85. The van der Waals surface area contributed by atoms with Gasteiger partial charge in [0.1, 0.15) is 5.82 Å². The Morgan fingerprint density at radius 1 is 1.29 bits per heavy atom. The van der Waals surface area contributed by atoms with Gasteiger partial charge in [0.05, 0.1) is 22.3 Å². The molecule has 0 aliphatic rings. The van der Waals surface area contributed by atoms with Crippen LogP contribution in [-0.2, 0) is 6.54 Å². The molecule has 0 aliphatic carbocycles. The lowest BCUT2D eigenvalue weighted by Gasteiger charge is -2.09. The molecule has 1 aromatic heterocycles. The zero-order chi connectivity index (χ0) is 12.4. The van der Waals surface area contributed by atoms with Gasteiger partial charge in [-0.1, -0.05) is 34.8 Å². The van der Waals surface area contributed by atoms with E-state index >= 15 is 0 Å². The Hall–Kier alpha value is -0.550. The first-order valence-electron chi connectivity index (χ1n) is 4.55. The highest BCUT2D eigenvalue weighted by Gasteiger charge is 2.11. The van der Waals surface area contributed by atoms with Crippen LogP contribution in [0.5, 0.6) is 0 Å². The molecular formula is C10H6Cl3FN2S. The van der Waals surface area contributed by atoms with Crippen molar-refractivity contribution in [2.24, 2.45) is 0 Å². The van der Waals surface area contributed by atoms with Crippen LogP contribution in [0.3, 0.4) is 0 Å². The number of benzene rings is 1. The minimum atomic E-state index is -0.449. The molecule has 2 rings (SSSR count). The molecule has 1 heterocycles. The minimum Gasteiger partial charge on any atom is -0.376 e. The molecule has 0 fully saturated rings. The van der Waals surface area contributed by atoms with Crippen molar-refractivity contribution in [3.63, 3.8) is 0 Å². The summed E-state index contributed by atoms with van der Waals surface area (Å²) in [6, 6.07) is 2.67. The molecule has 0 amide bonds. The second-order valence-corrected chi connectivity index (χ2v) is 5.63. The van der Waals surface area contributed by atoms with Crippen LogP contribution in [0.2, 0.25) is 14.5 Å². The highest BCUT2D eigenvalue weighted by Crippen LogP contribution is 2.32. The zero-order valence-electron chi connectivity index (χ0n) is 8.31. The van der Waals surface area contributed by atoms with Gasteiger partial charge in [-0.05, 0) is 12.1 Å². The first kappa shape index (κ1) is 12.9. The van der Waals surface area contributed by atoms with Gasteiger partial charge in [0.25, 0.3) is 0 Å². The first-order valence-corrected chi connectivity index (χ1v) is 6.50. The molecule has 0 saturated carbocycles. The Bertz CT molecular complexity index is 544. The van der Waals surface area contributed by atoms with Crippen LogP contribution in [0.1, 0.15) is 4.88 Å². The van der Waals surface area contributed by atoms with Crippen molar-refractivity contribution < 1.29 is 4.39 Å². The fourth-order valence-electron chi connectivity index (χ4n) is 1.23. The molecule has 0 aliphatic heterocycles. The van der Waals surface area contributed by atoms with Crippen LogP contribution < -0.4 is 5.32 Å². The van der Waals surface area contributed by atoms with Crippen LogP contribution in [0, 0.1) is 5.82 Å². The number of hydrogen-bond donors (Lipinski definition) is 1. The summed E-state index contributed by atoms with van der Waals surface area (Å²) >= 11 is 18.7. The van der Waals surface area contributed by atoms with Crippen molar-refractivity contribution >= 4 is 51.8 Å². The average Bonchev–Trinajstić information content (AvgIpc) is 2.70. The lowest BCUT2D eigenvalue weighted by molar-refractivity contribution is 0.630. The van der Waals surface area contributed by atoms with Gasteiger partial charge in [0.15, 0.2) is 4.47 Å². The number of aromatic nitrogens is 1. The van der Waals surface area contributed by atoms with E-state index in [1.54, 1.807) is 6.20 Å². The summed E-state index contributed by atoms with van der Waals surface area (Å²) < 4.78 is 13.9. The van der Waals surface area contributed by atoms with Gasteiger partial charge in [-0.15, -0.1) is 11.3 Å². The molecule has 0 unspecified atom stereocenters. The van der Waals surface area contributed by atoms with Crippen molar-refractivity contribution in [3.05, 3.63) is 43.5 Å². The van der Waals surface area contributed by atoms with E-state index in [2.05, 4.69) is 10.3 Å². The quantitative estimate of drug-likeness (QED) is 0.819. The van der Waals surface area contributed by atoms with E-state index in [9.17, 15) is 4.39 Å². The highest BCUT2D eigenvalue weighted by atomic mass is 35.5. The summed E-state index contributed by atoms with van der Waals surface area (Å²) in [5.41, 5.74) is 0.184. The fraction of sp³-hybridized carbons (Fsp3) is 0.100. The Labute approximate surface area is 116 Å². The molecule has 1 N–H and O–H groups in total. The third kappa shape index (κ3) is 3.01. The molecule has 17 heavy (non-hydrogen) atoms. The van der Waals surface area contributed by atoms with E-state index in [4.69, 9.17) is 34.8 Å². The maximum absolute atomic E-state index is 13.5. The van der Waals surface area contributed by atoms with E-state index in [-0.39, 0.29) is 10.7 Å². The standard InChI is InChI=1S/C10H6Cl3FN2S/c11-6-1-2-7(14)9(8(6)12)15-3-5-4-16-10(13)17-5/h1-2,4,15H,3H2. The number of halogens is 4. The van der Waals surface area contributed by atoms with Crippen molar-refractivity contribution in [1.82, 2.24) is 4.98 Å². The first-order chi connectivity index (χ1) is 8.08. The van der Waals surface area contributed by atoms with Gasteiger partial charge in [-0.25, -0.2) is 9.37 Å². The fourth-order valence-corrected chi connectivity index (χ4v) is 2.53. The molecule has 0 radical (unpaired) electrons. The number of rotatable bonds is 3. The van der Waals surface area contributed by atoms with Gasteiger partial charge >= 0.3 is 0 Å². The summed E-state index contributed by atoms with van der Waals surface area (Å²) in [5, 5.41) is 3.34. The Balaban J connectivity index is 2.16. The highest BCUT2D eigenvalue weighted by molar-refractivity contribution is 7.15. The van der Waals surface area contributed by atoms with E-state index in [1.165, 1.54) is 23.5 Å². The molecule has 0 atom stereocenters. The van der Waals surface area contributed by atoms with Gasteiger partial charge in [0.2, 0.25) is 0 Å². The molecule has 90 valence electrons. The molecule has 0 saturated heterocycles. The lowest BCUT2D eigenvalue weighted by Crippen LogP contribution is -2.01. The van der Waals surface area contributed by atoms with Gasteiger partial charge in [-0.3, -0.25) is 0 Å². The maximum atomic E-state index is 13.5. The third-order valence-electron chi connectivity index (χ3n) is 2.01. The van der Waals surface area contributed by atoms with E-state index in [1.807, 2.05) is 0 Å². The molecule has 2 nitrogen and oxygen atoms in total. The summed E-state index contributed by atoms with van der Waals surface area (Å²) in [6.45, 7) is 0.390. The summed E-state index contributed by atoms with van der Waals surface area (Å²) in [5.74, 6) is -0.449. The molecular weight excluding hydrogens is 306 g/mol. The van der Waals surface area contributed by atoms with Crippen molar-refractivity contribution in [2.45, 2.75) is 6.54 Å². The second kappa shape index (κ2) is 5.40. The number of nitrogens with one attached hydrogen (secondary N) is 1. The number of hydrogen-bond acceptors (Lipinski definition) is 3. The third-order valence-corrected chi connectivity index (χ3v) is 3.93. The summed E-state index contributed by atoms with van der Waals surface area (Å²) in [6.07, 6.45) is 1.62. The minimum absolute atomic E-state index is 0.169. The Morgan fingerprint density at radius 3 is 2.71 bits per heavy atom. The van der Waals surface area contributed by atoms with E-state index < -0.39 is 5.82 Å². The molecule has 0 spiro atoms. The van der Waals surface area contributed by atoms with Crippen molar-refractivity contribution in [3.8, 4) is 0 Å². The van der Waals surface area contributed by atoms with Crippen LogP contribution in [-0.4, -0.2) is 4.98 Å². The monoisotopic (exact) mass is 310 g/mol. The maximum Gasteiger partial charge on any atom is 0.183 e. The lowest BCUT2D eigenvalue weighted by atomic mass is 10.3. The van der Waals surface area contributed by atoms with E-state index in [0.717, 1.165) is 4.88 Å². The van der Waals surface area contributed by atoms with Crippen LogP contribution in [0.4, 0.5) is 10.1 Å². The Morgan fingerprint density at radius 2 is 2.06 bits per heavy atom. The zero-order valence-corrected chi connectivity index (χ0v) is 11.4. The normalized spacial score (nSPS) is 10.6. The topological polar surface area (TPSA) is 24.9 Å². The van der Waals surface area contributed by atoms with Crippen LogP contribution in [0.25, 0.3) is 0 Å². The summed E-state index contributed by atoms with van der Waals surface area (Å²) in [4.78, 5) is 4.76. The average molecular weight is 312 g/mol.